The molecule has 1 atom stereocenters. The van der Waals surface area contributed by atoms with E-state index in [2.05, 4.69) is 15.1 Å². The number of hydrogen-bond acceptors (Lipinski definition) is 3. The van der Waals surface area contributed by atoms with Crippen LogP contribution in [-0.4, -0.2) is 55.2 Å². The maximum atomic E-state index is 12.9. The molecule has 138 valence electrons. The molecule has 0 spiro atoms. The number of likely N-dealkylation sites (tertiary alicyclic amines) is 2. The second-order valence-corrected chi connectivity index (χ2v) is 7.29. The molecule has 0 saturated carbocycles. The molecular weight excluding hydrogens is 314 g/mol. The fourth-order valence-corrected chi connectivity index (χ4v) is 4.00. The lowest BCUT2D eigenvalue weighted by Gasteiger charge is -2.36. The predicted octanol–water partition coefficient (Wildman–Crippen LogP) is 3.88. The normalized spacial score (nSPS) is 21.4. The molecule has 2 fully saturated rings. The van der Waals surface area contributed by atoms with Crippen LogP contribution in [0, 0.1) is 6.92 Å². The molecule has 0 radical (unpaired) electrons. The number of urea groups is 1. The highest BCUT2D eigenvalue weighted by Crippen LogP contribution is 2.25. The lowest BCUT2D eigenvalue weighted by Crippen LogP contribution is -2.47. The van der Waals surface area contributed by atoms with Gasteiger partial charge in [0.2, 0.25) is 0 Å². The first-order valence-electron chi connectivity index (χ1n) is 9.62. The van der Waals surface area contributed by atoms with Gasteiger partial charge in [0.25, 0.3) is 0 Å². The minimum Gasteiger partial charge on any atom is -0.497 e. The van der Waals surface area contributed by atoms with Gasteiger partial charge in [0.05, 0.1) is 7.11 Å². The van der Waals surface area contributed by atoms with Crippen molar-refractivity contribution in [2.75, 3.05) is 38.6 Å². The number of amides is 2. The monoisotopic (exact) mass is 345 g/mol. The predicted molar refractivity (Wildman–Crippen MR) is 101 cm³/mol. The molecule has 5 heteroatoms. The number of benzene rings is 1. The number of aryl methyl sites for hydroxylation is 1. The van der Waals surface area contributed by atoms with E-state index in [9.17, 15) is 4.79 Å². The van der Waals surface area contributed by atoms with Crippen molar-refractivity contribution in [1.82, 2.24) is 9.80 Å². The Hall–Kier alpha value is -1.75. The van der Waals surface area contributed by atoms with Gasteiger partial charge in [-0.15, -0.1) is 0 Å². The van der Waals surface area contributed by atoms with Crippen molar-refractivity contribution >= 4 is 11.7 Å². The number of anilines is 1. The van der Waals surface area contributed by atoms with Crippen LogP contribution >= 0.6 is 0 Å². The Bertz CT molecular complexity index is 584. The van der Waals surface area contributed by atoms with Crippen molar-refractivity contribution in [1.29, 1.82) is 0 Å². The van der Waals surface area contributed by atoms with Crippen LogP contribution in [0.25, 0.3) is 0 Å². The van der Waals surface area contributed by atoms with Gasteiger partial charge in [0, 0.05) is 24.8 Å². The molecule has 2 heterocycles. The third kappa shape index (κ3) is 4.66. The lowest BCUT2D eigenvalue weighted by atomic mass is 9.99. The zero-order chi connectivity index (χ0) is 17.6. The van der Waals surface area contributed by atoms with Crippen LogP contribution < -0.4 is 10.1 Å². The molecule has 25 heavy (non-hydrogen) atoms. The first-order valence-corrected chi connectivity index (χ1v) is 9.62. The average Bonchev–Trinajstić information content (AvgIpc) is 3.15. The summed E-state index contributed by atoms with van der Waals surface area (Å²) in [6.07, 6.45) is 7.21. The van der Waals surface area contributed by atoms with Gasteiger partial charge in [0.15, 0.2) is 0 Å². The van der Waals surface area contributed by atoms with Gasteiger partial charge >= 0.3 is 6.03 Å². The molecular formula is C20H31N3O2. The number of ether oxygens (including phenoxy) is 1. The number of piperidine rings is 1. The Morgan fingerprint density at radius 2 is 1.96 bits per heavy atom. The van der Waals surface area contributed by atoms with Crippen molar-refractivity contribution in [3.63, 3.8) is 0 Å². The zero-order valence-corrected chi connectivity index (χ0v) is 15.6. The van der Waals surface area contributed by atoms with Gasteiger partial charge in [-0.05, 0) is 82.3 Å². The molecule has 0 bridgehead atoms. The van der Waals surface area contributed by atoms with E-state index in [0.717, 1.165) is 49.4 Å². The Labute approximate surface area is 151 Å². The van der Waals surface area contributed by atoms with E-state index < -0.39 is 0 Å². The summed E-state index contributed by atoms with van der Waals surface area (Å²) in [7, 11) is 1.66. The summed E-state index contributed by atoms with van der Waals surface area (Å²) in [6, 6.07) is 6.18. The van der Waals surface area contributed by atoms with Gasteiger partial charge in [-0.1, -0.05) is 0 Å². The fraction of sp³-hybridized carbons (Fsp3) is 0.650. The van der Waals surface area contributed by atoms with E-state index in [-0.39, 0.29) is 6.03 Å². The number of nitrogens with one attached hydrogen (secondary N) is 1. The van der Waals surface area contributed by atoms with Gasteiger partial charge in [0.1, 0.15) is 5.75 Å². The van der Waals surface area contributed by atoms with E-state index >= 15 is 0 Å². The maximum absolute atomic E-state index is 12.9. The van der Waals surface area contributed by atoms with Crippen LogP contribution in [0.1, 0.15) is 44.1 Å². The highest BCUT2D eigenvalue weighted by atomic mass is 16.5. The van der Waals surface area contributed by atoms with Crippen molar-refractivity contribution in [2.45, 2.75) is 51.5 Å². The fourth-order valence-electron chi connectivity index (χ4n) is 4.00. The van der Waals surface area contributed by atoms with Crippen LogP contribution in [-0.2, 0) is 0 Å². The minimum atomic E-state index is 0.0411. The van der Waals surface area contributed by atoms with E-state index in [1.165, 1.54) is 32.4 Å². The third-order valence-electron chi connectivity index (χ3n) is 5.54. The summed E-state index contributed by atoms with van der Waals surface area (Å²) in [5.74, 6) is 0.817. The molecule has 0 aliphatic carbocycles. The Morgan fingerprint density at radius 1 is 1.20 bits per heavy atom. The topological polar surface area (TPSA) is 44.8 Å². The quantitative estimate of drug-likeness (QED) is 0.881. The van der Waals surface area contributed by atoms with Crippen LogP contribution in [0.5, 0.6) is 5.75 Å². The summed E-state index contributed by atoms with van der Waals surface area (Å²) < 4.78 is 5.24. The van der Waals surface area contributed by atoms with E-state index in [1.807, 2.05) is 25.1 Å². The van der Waals surface area contributed by atoms with Gasteiger partial charge in [-0.2, -0.15) is 0 Å². The SMILES string of the molecule is COc1ccc(NC(=O)N2CCCC[C@@H]2CCN2CCCC2)c(C)c1. The van der Waals surface area contributed by atoms with E-state index in [1.54, 1.807) is 7.11 Å². The van der Waals surface area contributed by atoms with Gasteiger partial charge in [-0.3, -0.25) is 0 Å². The number of carbonyl (C=O) groups excluding carboxylic acids is 1. The van der Waals surface area contributed by atoms with Crippen molar-refractivity contribution in [3.8, 4) is 5.75 Å². The van der Waals surface area contributed by atoms with Crippen molar-refractivity contribution < 1.29 is 9.53 Å². The van der Waals surface area contributed by atoms with Gasteiger partial charge in [-0.25, -0.2) is 4.79 Å². The third-order valence-corrected chi connectivity index (χ3v) is 5.54. The average molecular weight is 345 g/mol. The summed E-state index contributed by atoms with van der Waals surface area (Å²) in [6.45, 7) is 6.44. The Morgan fingerprint density at radius 3 is 2.68 bits per heavy atom. The summed E-state index contributed by atoms with van der Waals surface area (Å²) >= 11 is 0. The van der Waals surface area contributed by atoms with E-state index in [0.29, 0.717) is 6.04 Å². The molecule has 2 aliphatic rings. The standard InChI is InChI=1S/C20H31N3O2/c1-16-15-18(25-2)8-9-19(16)21-20(24)23-13-4-3-7-17(23)10-14-22-11-5-6-12-22/h8-9,15,17H,3-7,10-14H2,1-2H3,(H,21,24)/t17-/m1/s1. The number of rotatable bonds is 5. The molecule has 1 N–H and O–H groups in total. The number of nitrogens with zero attached hydrogens (tertiary/aromatic N) is 2. The summed E-state index contributed by atoms with van der Waals surface area (Å²) in [4.78, 5) is 17.4. The number of hydrogen-bond donors (Lipinski definition) is 1. The number of carbonyl (C=O) groups is 1. The molecule has 2 saturated heterocycles. The second kappa shape index (κ2) is 8.56. The molecule has 2 aliphatic heterocycles. The molecule has 2 amide bonds. The Balaban J connectivity index is 1.59. The van der Waals surface area contributed by atoms with Crippen molar-refractivity contribution in [3.05, 3.63) is 23.8 Å². The summed E-state index contributed by atoms with van der Waals surface area (Å²) in [5.41, 5.74) is 1.90. The largest absolute Gasteiger partial charge is 0.497 e. The number of methoxy groups -OCH3 is 1. The first-order chi connectivity index (χ1) is 12.2. The molecule has 0 aromatic heterocycles. The van der Waals surface area contributed by atoms with E-state index in [4.69, 9.17) is 4.74 Å². The minimum absolute atomic E-state index is 0.0411. The second-order valence-electron chi connectivity index (χ2n) is 7.29. The highest BCUT2D eigenvalue weighted by molar-refractivity contribution is 5.90. The first kappa shape index (κ1) is 18.1. The van der Waals surface area contributed by atoms with Gasteiger partial charge < -0.3 is 19.9 Å². The molecule has 3 rings (SSSR count). The molecule has 0 unspecified atom stereocenters. The lowest BCUT2D eigenvalue weighted by molar-refractivity contribution is 0.149. The van der Waals surface area contributed by atoms with Crippen LogP contribution in [0.3, 0.4) is 0 Å². The van der Waals surface area contributed by atoms with Crippen LogP contribution in [0.4, 0.5) is 10.5 Å². The molecule has 5 nitrogen and oxygen atoms in total. The zero-order valence-electron chi connectivity index (χ0n) is 15.6. The molecule has 1 aromatic rings. The van der Waals surface area contributed by atoms with Crippen molar-refractivity contribution in [2.24, 2.45) is 0 Å². The summed E-state index contributed by atoms with van der Waals surface area (Å²) in [5, 5.41) is 3.11. The van der Waals surface area contributed by atoms with Crippen LogP contribution in [0.15, 0.2) is 18.2 Å². The highest BCUT2D eigenvalue weighted by Gasteiger charge is 2.27. The molecule has 1 aromatic carbocycles. The smallest absolute Gasteiger partial charge is 0.322 e. The Kier molecular flexibility index (Phi) is 6.19. The maximum Gasteiger partial charge on any atom is 0.322 e. The van der Waals surface area contributed by atoms with Crippen LogP contribution in [0.2, 0.25) is 0 Å².